The molecule has 0 bridgehead atoms. The zero-order valence-electron chi connectivity index (χ0n) is 24.1. The van der Waals surface area contributed by atoms with Crippen LogP contribution in [0.15, 0.2) is 109 Å². The SMILES string of the molecule is C=C(CCc1ccccc1)C(c1ccc(C2=CC(C)C=C2)cc1)C1CCC(Cc2ccc(C(C)(O)O)cc2)CC1. The summed E-state index contributed by atoms with van der Waals surface area (Å²) in [6.45, 7) is 8.32. The van der Waals surface area contributed by atoms with Crippen molar-refractivity contribution in [2.75, 3.05) is 0 Å². The molecule has 3 aromatic rings. The Morgan fingerprint density at radius 3 is 2.15 bits per heavy atom. The van der Waals surface area contributed by atoms with Crippen LogP contribution in [0.1, 0.15) is 79.7 Å². The van der Waals surface area contributed by atoms with E-state index in [0.717, 1.165) is 19.3 Å². The zero-order valence-corrected chi connectivity index (χ0v) is 24.1. The van der Waals surface area contributed by atoms with Gasteiger partial charge in [0.15, 0.2) is 5.79 Å². The van der Waals surface area contributed by atoms with Gasteiger partial charge in [0.1, 0.15) is 0 Å². The lowest BCUT2D eigenvalue weighted by Gasteiger charge is -2.36. The lowest BCUT2D eigenvalue weighted by atomic mass is 9.69. The molecule has 2 atom stereocenters. The van der Waals surface area contributed by atoms with Crippen molar-refractivity contribution in [1.82, 2.24) is 0 Å². The molecule has 0 saturated heterocycles. The van der Waals surface area contributed by atoms with Crippen LogP contribution in [0.2, 0.25) is 0 Å². The van der Waals surface area contributed by atoms with E-state index in [9.17, 15) is 10.2 Å². The van der Waals surface area contributed by atoms with Gasteiger partial charge in [-0.05, 0) is 97.5 Å². The molecule has 1 saturated carbocycles. The quantitative estimate of drug-likeness (QED) is 0.202. The number of hydrogen-bond donors (Lipinski definition) is 2. The minimum atomic E-state index is -1.78. The van der Waals surface area contributed by atoms with Crippen molar-refractivity contribution in [3.8, 4) is 0 Å². The molecule has 2 unspecified atom stereocenters. The Labute approximate surface area is 240 Å². The molecule has 2 nitrogen and oxygen atoms in total. The Morgan fingerprint density at radius 1 is 0.875 bits per heavy atom. The highest BCUT2D eigenvalue weighted by atomic mass is 16.5. The molecule has 2 aliphatic carbocycles. The maximum Gasteiger partial charge on any atom is 0.186 e. The van der Waals surface area contributed by atoms with Crippen molar-refractivity contribution in [2.45, 2.75) is 70.5 Å². The normalized spacial score (nSPS) is 21.7. The summed E-state index contributed by atoms with van der Waals surface area (Å²) in [5.74, 6) is 0.397. The highest BCUT2D eigenvalue weighted by molar-refractivity contribution is 5.76. The molecule has 2 N–H and O–H groups in total. The second-order valence-corrected chi connectivity index (χ2v) is 12.3. The minimum absolute atomic E-state index is 0.386. The predicted molar refractivity (Wildman–Crippen MR) is 167 cm³/mol. The van der Waals surface area contributed by atoms with E-state index in [1.807, 2.05) is 12.1 Å². The molecule has 0 aliphatic heterocycles. The number of benzene rings is 3. The lowest BCUT2D eigenvalue weighted by molar-refractivity contribution is -0.152. The van der Waals surface area contributed by atoms with Crippen molar-refractivity contribution in [3.63, 3.8) is 0 Å². The van der Waals surface area contributed by atoms with E-state index >= 15 is 0 Å². The summed E-state index contributed by atoms with van der Waals surface area (Å²) < 4.78 is 0. The van der Waals surface area contributed by atoms with Crippen molar-refractivity contribution in [1.29, 1.82) is 0 Å². The molecule has 5 rings (SSSR count). The first-order valence-corrected chi connectivity index (χ1v) is 15.0. The molecule has 40 heavy (non-hydrogen) atoms. The van der Waals surface area contributed by atoms with Crippen LogP contribution in [0.5, 0.6) is 0 Å². The largest absolute Gasteiger partial charge is 0.362 e. The van der Waals surface area contributed by atoms with Gasteiger partial charge in [-0.3, -0.25) is 0 Å². The number of aliphatic hydroxyl groups is 2. The third kappa shape index (κ3) is 7.11. The standard InChI is InChI=1S/C38H44O2/c1-27-9-16-35(25-27)32-19-21-34(22-20-32)37(28(2)10-11-29-7-5-4-6-8-29)33-17-12-30(13-18-33)26-31-14-23-36(24-15-31)38(3,39)40/h4-9,14-16,19-25,27,30,33,37,39-40H,2,10-13,17-18,26H2,1,3H3. The van der Waals surface area contributed by atoms with Gasteiger partial charge >= 0.3 is 0 Å². The Morgan fingerprint density at radius 2 is 1.55 bits per heavy atom. The van der Waals surface area contributed by atoms with E-state index in [2.05, 4.69) is 98.5 Å². The fourth-order valence-corrected chi connectivity index (χ4v) is 6.69. The number of allylic oxidation sites excluding steroid dienone is 5. The van der Waals surface area contributed by atoms with Crippen molar-refractivity contribution >= 4 is 5.57 Å². The van der Waals surface area contributed by atoms with Crippen LogP contribution in [0.3, 0.4) is 0 Å². The maximum absolute atomic E-state index is 9.85. The van der Waals surface area contributed by atoms with Crippen molar-refractivity contribution in [3.05, 3.63) is 137 Å². The third-order valence-electron chi connectivity index (χ3n) is 9.03. The van der Waals surface area contributed by atoms with E-state index in [0.29, 0.717) is 29.2 Å². The van der Waals surface area contributed by atoms with Gasteiger partial charge in [-0.2, -0.15) is 0 Å². The number of rotatable bonds is 10. The van der Waals surface area contributed by atoms with Gasteiger partial charge in [0.25, 0.3) is 0 Å². The summed E-state index contributed by atoms with van der Waals surface area (Å²) in [5.41, 5.74) is 8.60. The monoisotopic (exact) mass is 532 g/mol. The summed E-state index contributed by atoms with van der Waals surface area (Å²) in [4.78, 5) is 0. The Bertz CT molecular complexity index is 1310. The molecule has 0 amide bonds. The fourth-order valence-electron chi connectivity index (χ4n) is 6.69. The summed E-state index contributed by atoms with van der Waals surface area (Å²) in [6, 6.07) is 27.9. The molecular weight excluding hydrogens is 488 g/mol. The van der Waals surface area contributed by atoms with Gasteiger partial charge in [0, 0.05) is 11.5 Å². The van der Waals surface area contributed by atoms with E-state index in [1.54, 1.807) is 0 Å². The van der Waals surface area contributed by atoms with Gasteiger partial charge in [-0.25, -0.2) is 0 Å². The molecular formula is C38H44O2. The third-order valence-corrected chi connectivity index (χ3v) is 9.03. The highest BCUT2D eigenvalue weighted by Crippen LogP contribution is 2.44. The van der Waals surface area contributed by atoms with Crippen LogP contribution < -0.4 is 0 Å². The first-order chi connectivity index (χ1) is 19.3. The van der Waals surface area contributed by atoms with Crippen LogP contribution in [-0.2, 0) is 18.6 Å². The smallest absolute Gasteiger partial charge is 0.186 e. The van der Waals surface area contributed by atoms with Gasteiger partial charge in [-0.1, -0.05) is 116 Å². The molecule has 0 aromatic heterocycles. The van der Waals surface area contributed by atoms with Gasteiger partial charge in [-0.15, -0.1) is 0 Å². The van der Waals surface area contributed by atoms with E-state index < -0.39 is 5.79 Å². The van der Waals surface area contributed by atoms with Crippen LogP contribution in [0.25, 0.3) is 5.57 Å². The molecule has 0 spiro atoms. The Balaban J connectivity index is 1.27. The van der Waals surface area contributed by atoms with Crippen molar-refractivity contribution in [2.24, 2.45) is 17.8 Å². The van der Waals surface area contributed by atoms with Crippen LogP contribution in [0.4, 0.5) is 0 Å². The Kier molecular flexibility index (Phi) is 8.88. The zero-order chi connectivity index (χ0) is 28.1. The number of hydrogen-bond acceptors (Lipinski definition) is 2. The second kappa shape index (κ2) is 12.5. The summed E-state index contributed by atoms with van der Waals surface area (Å²) >= 11 is 0. The molecule has 2 heteroatoms. The first-order valence-electron chi connectivity index (χ1n) is 15.0. The fraction of sp³-hybridized carbons (Fsp3) is 0.368. The van der Waals surface area contributed by atoms with Gasteiger partial charge < -0.3 is 10.2 Å². The van der Waals surface area contributed by atoms with Crippen molar-refractivity contribution < 1.29 is 10.2 Å². The molecule has 2 aliphatic rings. The summed E-state index contributed by atoms with van der Waals surface area (Å²) in [7, 11) is 0. The van der Waals surface area contributed by atoms with Gasteiger partial charge in [0.05, 0.1) is 0 Å². The van der Waals surface area contributed by atoms with E-state index in [1.165, 1.54) is 66.0 Å². The summed E-state index contributed by atoms with van der Waals surface area (Å²) in [6.07, 6.45) is 14.8. The summed E-state index contributed by atoms with van der Waals surface area (Å²) in [5, 5.41) is 19.7. The highest BCUT2D eigenvalue weighted by Gasteiger charge is 2.30. The molecule has 3 aromatic carbocycles. The first kappa shape index (κ1) is 28.3. The van der Waals surface area contributed by atoms with Crippen LogP contribution in [-0.4, -0.2) is 10.2 Å². The molecule has 208 valence electrons. The number of aryl methyl sites for hydroxylation is 1. The molecule has 0 radical (unpaired) electrons. The molecule has 0 heterocycles. The predicted octanol–water partition coefficient (Wildman–Crippen LogP) is 8.75. The molecule has 1 fully saturated rings. The average Bonchev–Trinajstić information content (AvgIpc) is 3.40. The topological polar surface area (TPSA) is 40.5 Å². The van der Waals surface area contributed by atoms with Crippen LogP contribution >= 0.6 is 0 Å². The van der Waals surface area contributed by atoms with Crippen LogP contribution in [0, 0.1) is 17.8 Å². The lowest BCUT2D eigenvalue weighted by Crippen LogP contribution is -2.23. The average molecular weight is 533 g/mol. The Hall–Kier alpha value is -3.20. The maximum atomic E-state index is 9.85. The van der Waals surface area contributed by atoms with Gasteiger partial charge in [0.2, 0.25) is 0 Å². The second-order valence-electron chi connectivity index (χ2n) is 12.3. The minimum Gasteiger partial charge on any atom is -0.362 e. The van der Waals surface area contributed by atoms with E-state index in [4.69, 9.17) is 0 Å². The van der Waals surface area contributed by atoms with E-state index in [-0.39, 0.29) is 0 Å².